The molecule has 1 N–H and O–H groups in total. The van der Waals surface area contributed by atoms with E-state index in [4.69, 9.17) is 37.9 Å². The summed E-state index contributed by atoms with van der Waals surface area (Å²) in [7, 11) is 0. The number of aliphatic hydroxyl groups excluding tert-OH is 1. The van der Waals surface area contributed by atoms with Gasteiger partial charge in [0.1, 0.15) is 49.8 Å². The van der Waals surface area contributed by atoms with E-state index in [1.807, 2.05) is 60.7 Å². The number of ketones is 1. The van der Waals surface area contributed by atoms with Gasteiger partial charge in [-0.05, 0) is 72.5 Å². The lowest BCUT2D eigenvalue weighted by Gasteiger charge is -2.25. The first kappa shape index (κ1) is 55.9. The molecular formula is C62H62O14. The van der Waals surface area contributed by atoms with Gasteiger partial charge in [-0.3, -0.25) is 4.79 Å². The van der Waals surface area contributed by atoms with Gasteiger partial charge in [-0.1, -0.05) is 146 Å². The fourth-order valence-electron chi connectivity index (χ4n) is 8.56. The topological polar surface area (TPSA) is 179 Å². The molecule has 6 aromatic carbocycles. The maximum Gasteiger partial charge on any atom is 0.338 e. The van der Waals surface area contributed by atoms with Gasteiger partial charge >= 0.3 is 23.9 Å². The Hall–Kier alpha value is -7.85. The molecule has 0 aliphatic carbocycles. The summed E-state index contributed by atoms with van der Waals surface area (Å²) in [4.78, 5) is 64.0. The van der Waals surface area contributed by atoms with Gasteiger partial charge in [0, 0.05) is 12.8 Å². The van der Waals surface area contributed by atoms with Crippen LogP contribution in [-0.2, 0) is 55.9 Å². The molecule has 0 aromatic heterocycles. The second kappa shape index (κ2) is 29.3. The van der Waals surface area contributed by atoms with Crippen molar-refractivity contribution in [1.82, 2.24) is 0 Å². The zero-order chi connectivity index (χ0) is 53.5. The Kier molecular flexibility index (Phi) is 21.5. The van der Waals surface area contributed by atoms with Crippen molar-refractivity contribution in [3.05, 3.63) is 241 Å². The highest BCUT2D eigenvalue weighted by Gasteiger charge is 2.46. The minimum atomic E-state index is -0.904. The second-order valence-corrected chi connectivity index (χ2v) is 18.0. The fraction of sp³-hybridized carbons (Fsp3) is 0.274. The van der Waals surface area contributed by atoms with E-state index in [1.165, 1.54) is 0 Å². The summed E-state index contributed by atoms with van der Waals surface area (Å²) in [6.45, 7) is 7.57. The van der Waals surface area contributed by atoms with Gasteiger partial charge in [0.15, 0.2) is 5.78 Å². The van der Waals surface area contributed by atoms with Crippen molar-refractivity contribution in [1.29, 1.82) is 0 Å². The minimum Gasteiger partial charge on any atom is -0.458 e. The van der Waals surface area contributed by atoms with Crippen LogP contribution in [0.25, 0.3) is 0 Å². The second-order valence-electron chi connectivity index (χ2n) is 18.0. The molecule has 8 rings (SSSR count). The molecule has 6 aromatic rings. The summed E-state index contributed by atoms with van der Waals surface area (Å²) in [6.07, 6.45) is -2.40. The minimum absolute atomic E-state index is 0.0967. The van der Waals surface area contributed by atoms with Gasteiger partial charge in [-0.15, -0.1) is 13.2 Å². The van der Waals surface area contributed by atoms with Crippen LogP contribution in [0.4, 0.5) is 0 Å². The van der Waals surface area contributed by atoms with Crippen molar-refractivity contribution in [2.24, 2.45) is 0 Å². The third-order valence-corrected chi connectivity index (χ3v) is 12.4. The van der Waals surface area contributed by atoms with Crippen LogP contribution in [0.5, 0.6) is 0 Å². The van der Waals surface area contributed by atoms with Crippen LogP contribution in [0.15, 0.2) is 207 Å². The Bertz CT molecular complexity index is 2760. The maximum absolute atomic E-state index is 13.1. The van der Waals surface area contributed by atoms with E-state index >= 15 is 0 Å². The molecule has 0 bridgehead atoms. The van der Waals surface area contributed by atoms with Gasteiger partial charge in [-0.2, -0.15) is 0 Å². The summed E-state index contributed by atoms with van der Waals surface area (Å²) in [6, 6.07) is 53.4. The number of ether oxygens (including phenoxy) is 8. The highest BCUT2D eigenvalue weighted by molar-refractivity contribution is 5.92. The first-order valence-corrected chi connectivity index (χ1v) is 25.1. The largest absolute Gasteiger partial charge is 0.458 e. The number of hydrogen-bond acceptors (Lipinski definition) is 14. The van der Waals surface area contributed by atoms with Gasteiger partial charge in [0.2, 0.25) is 0 Å². The maximum atomic E-state index is 13.1. The van der Waals surface area contributed by atoms with Crippen LogP contribution in [0, 0.1) is 0 Å². The zero-order valence-electron chi connectivity index (χ0n) is 42.0. The molecule has 0 radical (unpaired) electrons. The van der Waals surface area contributed by atoms with Crippen molar-refractivity contribution >= 4 is 29.7 Å². The highest BCUT2D eigenvalue weighted by Crippen LogP contribution is 2.32. The molecule has 2 aliphatic heterocycles. The van der Waals surface area contributed by atoms with Crippen LogP contribution in [0.2, 0.25) is 0 Å². The molecule has 14 heteroatoms. The van der Waals surface area contributed by atoms with Crippen LogP contribution in [0.3, 0.4) is 0 Å². The number of Topliss-reactive ketones (excluding diaryl/α,β-unsaturated/α-hetero) is 1. The van der Waals surface area contributed by atoms with E-state index in [1.54, 1.807) is 133 Å². The fourth-order valence-corrected chi connectivity index (χ4v) is 8.56. The van der Waals surface area contributed by atoms with E-state index in [9.17, 15) is 29.1 Å². The zero-order valence-corrected chi connectivity index (χ0v) is 42.0. The standard InChI is InChI=1S/C31H32O7.C31H30O7/c2*1-2-12-26-28(32)29(35-20-22-13-6-3-7-14-22)27(38-26)19-25(37-31(34)24-17-10-5-11-18-24)21-36-30(33)23-15-8-4-9-16-23/h2-11,13-18,25-29,32H,1,12,19-21H2;2-11,13-18,25-27,29H,1,12,19-21H2/t25-,26-,27+,28-,29-;25-,26-,27+,29-/m00/s1. The quantitative estimate of drug-likeness (QED) is 0.0344. The number of carbonyl (C=O) groups is 5. The van der Waals surface area contributed by atoms with E-state index < -0.39 is 78.8 Å². The van der Waals surface area contributed by atoms with Gasteiger partial charge in [0.05, 0.1) is 53.8 Å². The first-order chi connectivity index (χ1) is 37.1. The molecule has 394 valence electrons. The molecule has 0 saturated carbocycles. The number of aliphatic hydroxyl groups is 1. The van der Waals surface area contributed by atoms with Crippen molar-refractivity contribution in [3.63, 3.8) is 0 Å². The Morgan fingerprint density at radius 3 is 1.29 bits per heavy atom. The Morgan fingerprint density at radius 1 is 0.487 bits per heavy atom. The lowest BCUT2D eigenvalue weighted by molar-refractivity contribution is -0.130. The Morgan fingerprint density at radius 2 is 0.868 bits per heavy atom. The van der Waals surface area contributed by atoms with E-state index in [-0.39, 0.29) is 45.1 Å². The molecule has 2 fully saturated rings. The summed E-state index contributed by atoms with van der Waals surface area (Å²) in [5.41, 5.74) is 3.37. The number of rotatable bonds is 24. The Labute approximate surface area is 442 Å². The number of esters is 4. The molecule has 0 spiro atoms. The predicted octanol–water partition coefficient (Wildman–Crippen LogP) is 9.71. The van der Waals surface area contributed by atoms with Crippen molar-refractivity contribution in [3.8, 4) is 0 Å². The average molecular weight is 1030 g/mol. The van der Waals surface area contributed by atoms with Crippen LogP contribution in [0.1, 0.15) is 78.2 Å². The summed E-state index contributed by atoms with van der Waals surface area (Å²) in [5.74, 6) is -2.38. The van der Waals surface area contributed by atoms with Crippen molar-refractivity contribution in [2.45, 2.75) is 93.8 Å². The first-order valence-electron chi connectivity index (χ1n) is 25.1. The molecule has 14 nitrogen and oxygen atoms in total. The molecule has 76 heavy (non-hydrogen) atoms. The average Bonchev–Trinajstić information content (AvgIpc) is 3.92. The van der Waals surface area contributed by atoms with Gasteiger partial charge in [-0.25, -0.2) is 19.2 Å². The van der Waals surface area contributed by atoms with Crippen molar-refractivity contribution < 1.29 is 67.0 Å². The van der Waals surface area contributed by atoms with Gasteiger partial charge in [0.25, 0.3) is 0 Å². The monoisotopic (exact) mass is 1030 g/mol. The van der Waals surface area contributed by atoms with Crippen molar-refractivity contribution in [2.75, 3.05) is 13.2 Å². The normalized spacial score (nSPS) is 20.4. The van der Waals surface area contributed by atoms with Crippen LogP contribution < -0.4 is 0 Å². The lowest BCUT2D eigenvalue weighted by atomic mass is 10.0. The summed E-state index contributed by atoms with van der Waals surface area (Å²) < 4.78 is 46.8. The highest BCUT2D eigenvalue weighted by atomic mass is 16.6. The Balaban J connectivity index is 0.000000221. The molecule has 0 amide bonds. The van der Waals surface area contributed by atoms with E-state index in [0.717, 1.165) is 11.1 Å². The SMILES string of the molecule is C=CC[C@@H]1O[C@H](C[C@@H](COC(=O)c2ccccc2)OC(=O)c2ccccc2)[C@H](OCc2ccccc2)C1=O.C=CC[C@@H]1O[C@H](C[C@@H](COC(=O)c2ccccc2)OC(=O)c2ccccc2)[C@H](OCc2ccccc2)[C@H]1O. The lowest BCUT2D eigenvalue weighted by Crippen LogP contribution is -2.38. The third-order valence-electron chi connectivity index (χ3n) is 12.4. The number of hydrogen-bond donors (Lipinski definition) is 1. The molecule has 2 heterocycles. The number of carbonyl (C=O) groups excluding carboxylic acids is 5. The van der Waals surface area contributed by atoms with E-state index in [2.05, 4.69) is 13.2 Å². The third kappa shape index (κ3) is 16.6. The smallest absolute Gasteiger partial charge is 0.338 e. The summed E-state index contributed by atoms with van der Waals surface area (Å²) in [5, 5.41) is 11.0. The van der Waals surface area contributed by atoms with Gasteiger partial charge < -0.3 is 43.0 Å². The summed E-state index contributed by atoms with van der Waals surface area (Å²) >= 11 is 0. The molecular weight excluding hydrogens is 969 g/mol. The molecule has 9 atom stereocenters. The predicted molar refractivity (Wildman–Crippen MR) is 282 cm³/mol. The molecule has 2 saturated heterocycles. The van der Waals surface area contributed by atoms with Crippen LogP contribution >= 0.6 is 0 Å². The molecule has 2 aliphatic rings. The number of benzene rings is 6. The van der Waals surface area contributed by atoms with E-state index in [0.29, 0.717) is 35.1 Å². The molecule has 0 unspecified atom stereocenters. The van der Waals surface area contributed by atoms with Crippen LogP contribution in [-0.4, -0.2) is 103 Å².